The van der Waals surface area contributed by atoms with Crippen molar-refractivity contribution in [3.63, 3.8) is 0 Å². The maximum absolute atomic E-state index is 13.1. The third-order valence-electron chi connectivity index (χ3n) is 6.23. The van der Waals surface area contributed by atoms with Crippen molar-refractivity contribution < 1.29 is 9.53 Å². The van der Waals surface area contributed by atoms with Crippen LogP contribution in [0.2, 0.25) is 0 Å². The van der Waals surface area contributed by atoms with Crippen molar-refractivity contribution in [3.8, 4) is 0 Å². The van der Waals surface area contributed by atoms with Gasteiger partial charge >= 0.3 is 0 Å². The van der Waals surface area contributed by atoms with E-state index in [2.05, 4.69) is 14.9 Å². The largest absolute Gasteiger partial charge is 0.378 e. The standard InChI is InChI=1S/C19H28N4O2/c1-15-20-11-16(12-21-15)13-22-6-5-19(14-22)4-2-3-17(19)18(24)23-7-9-25-10-8-23/h11-12,17H,2-10,13-14H2,1H3/t17-,19-/m0/s1. The lowest BCUT2D eigenvalue weighted by Crippen LogP contribution is -2.47. The minimum Gasteiger partial charge on any atom is -0.378 e. The molecule has 3 heterocycles. The summed E-state index contributed by atoms with van der Waals surface area (Å²) in [6, 6.07) is 0. The Morgan fingerprint density at radius 3 is 2.76 bits per heavy atom. The predicted octanol–water partition coefficient (Wildman–Crippen LogP) is 1.64. The summed E-state index contributed by atoms with van der Waals surface area (Å²) in [6.45, 7) is 7.79. The normalized spacial score (nSPS) is 30.3. The van der Waals surface area contributed by atoms with E-state index in [1.807, 2.05) is 24.2 Å². The second-order valence-electron chi connectivity index (χ2n) is 7.84. The number of hydrogen-bond donors (Lipinski definition) is 0. The predicted molar refractivity (Wildman–Crippen MR) is 93.8 cm³/mol. The quantitative estimate of drug-likeness (QED) is 0.834. The Morgan fingerprint density at radius 1 is 1.24 bits per heavy atom. The second-order valence-corrected chi connectivity index (χ2v) is 7.84. The molecular weight excluding hydrogens is 316 g/mol. The van der Waals surface area contributed by atoms with Gasteiger partial charge < -0.3 is 9.64 Å². The van der Waals surface area contributed by atoms with Crippen molar-refractivity contribution in [2.45, 2.75) is 39.2 Å². The SMILES string of the molecule is Cc1ncc(CN2CC[C@@]3(CCC[C@H]3C(=O)N3CCOCC3)C2)cn1. The van der Waals surface area contributed by atoms with Crippen LogP contribution in [0.4, 0.5) is 0 Å². The first-order valence-corrected chi connectivity index (χ1v) is 9.53. The fraction of sp³-hybridized carbons (Fsp3) is 0.737. The molecule has 6 heteroatoms. The zero-order chi connectivity index (χ0) is 17.3. The molecule has 6 nitrogen and oxygen atoms in total. The average molecular weight is 344 g/mol. The van der Waals surface area contributed by atoms with Gasteiger partial charge in [0.05, 0.1) is 13.2 Å². The highest BCUT2D eigenvalue weighted by molar-refractivity contribution is 5.80. The van der Waals surface area contributed by atoms with Crippen molar-refractivity contribution in [3.05, 3.63) is 23.8 Å². The first kappa shape index (κ1) is 16.9. The van der Waals surface area contributed by atoms with Crippen LogP contribution in [0.1, 0.15) is 37.1 Å². The van der Waals surface area contributed by atoms with Gasteiger partial charge in [-0.05, 0) is 38.1 Å². The van der Waals surface area contributed by atoms with Gasteiger partial charge in [-0.15, -0.1) is 0 Å². The van der Waals surface area contributed by atoms with E-state index >= 15 is 0 Å². The molecule has 2 saturated heterocycles. The van der Waals surface area contributed by atoms with Crippen LogP contribution in [0.25, 0.3) is 0 Å². The maximum Gasteiger partial charge on any atom is 0.226 e. The van der Waals surface area contributed by atoms with Gasteiger partial charge in [-0.2, -0.15) is 0 Å². The highest BCUT2D eigenvalue weighted by atomic mass is 16.5. The first-order valence-electron chi connectivity index (χ1n) is 9.53. The van der Waals surface area contributed by atoms with Gasteiger partial charge in [-0.1, -0.05) is 6.42 Å². The third-order valence-corrected chi connectivity index (χ3v) is 6.23. The van der Waals surface area contributed by atoms with Crippen LogP contribution in [0.15, 0.2) is 12.4 Å². The Hall–Kier alpha value is -1.53. The molecule has 3 aliphatic rings. The number of rotatable bonds is 3. The minimum absolute atomic E-state index is 0.181. The lowest BCUT2D eigenvalue weighted by atomic mass is 9.76. The van der Waals surface area contributed by atoms with E-state index in [9.17, 15) is 4.79 Å². The van der Waals surface area contributed by atoms with E-state index in [-0.39, 0.29) is 11.3 Å². The number of likely N-dealkylation sites (tertiary alicyclic amines) is 1. The van der Waals surface area contributed by atoms with E-state index in [0.717, 1.165) is 57.0 Å². The number of nitrogens with zero attached hydrogens (tertiary/aromatic N) is 4. The molecule has 1 aliphatic carbocycles. The number of aryl methyl sites for hydroxylation is 1. The molecule has 1 spiro atoms. The van der Waals surface area contributed by atoms with Crippen molar-refractivity contribution in [2.24, 2.45) is 11.3 Å². The van der Waals surface area contributed by atoms with Gasteiger partial charge in [0.15, 0.2) is 0 Å². The molecule has 2 aliphatic heterocycles. The molecule has 0 radical (unpaired) electrons. The van der Waals surface area contributed by atoms with Crippen LogP contribution >= 0.6 is 0 Å². The fourth-order valence-corrected chi connectivity index (χ4v) is 4.90. The van der Waals surface area contributed by atoms with Crippen molar-refractivity contribution in [2.75, 3.05) is 39.4 Å². The summed E-state index contributed by atoms with van der Waals surface area (Å²) in [5.41, 5.74) is 1.35. The van der Waals surface area contributed by atoms with Gasteiger partial charge in [0, 0.05) is 50.1 Å². The molecule has 1 aromatic rings. The van der Waals surface area contributed by atoms with E-state index in [0.29, 0.717) is 19.1 Å². The molecule has 0 bridgehead atoms. The number of carbonyl (C=O) groups is 1. The highest BCUT2D eigenvalue weighted by Crippen LogP contribution is 2.50. The Balaban J connectivity index is 1.42. The van der Waals surface area contributed by atoms with Crippen LogP contribution in [0, 0.1) is 18.3 Å². The van der Waals surface area contributed by atoms with Crippen LogP contribution in [-0.4, -0.2) is 65.1 Å². The molecule has 1 amide bonds. The molecule has 1 aromatic heterocycles. The van der Waals surface area contributed by atoms with Crippen molar-refractivity contribution in [1.29, 1.82) is 0 Å². The second kappa shape index (κ2) is 7.00. The zero-order valence-electron chi connectivity index (χ0n) is 15.1. The first-order chi connectivity index (χ1) is 12.2. The maximum atomic E-state index is 13.1. The molecule has 25 heavy (non-hydrogen) atoms. The number of amides is 1. The molecule has 1 saturated carbocycles. The minimum atomic E-state index is 0.181. The summed E-state index contributed by atoms with van der Waals surface area (Å²) in [5.74, 6) is 1.39. The van der Waals surface area contributed by atoms with Gasteiger partial charge in [-0.25, -0.2) is 9.97 Å². The topological polar surface area (TPSA) is 58.6 Å². The van der Waals surface area contributed by atoms with Crippen LogP contribution in [-0.2, 0) is 16.1 Å². The number of morpholine rings is 1. The summed E-state index contributed by atoms with van der Waals surface area (Å²) >= 11 is 0. The molecule has 0 unspecified atom stereocenters. The van der Waals surface area contributed by atoms with Crippen LogP contribution < -0.4 is 0 Å². The van der Waals surface area contributed by atoms with E-state index in [1.165, 1.54) is 12.8 Å². The van der Waals surface area contributed by atoms with Crippen LogP contribution in [0.3, 0.4) is 0 Å². The lowest BCUT2D eigenvalue weighted by molar-refractivity contribution is -0.143. The van der Waals surface area contributed by atoms with E-state index in [1.54, 1.807) is 0 Å². The fourth-order valence-electron chi connectivity index (χ4n) is 4.90. The Morgan fingerprint density at radius 2 is 2.00 bits per heavy atom. The number of aromatic nitrogens is 2. The smallest absolute Gasteiger partial charge is 0.226 e. The summed E-state index contributed by atoms with van der Waals surface area (Å²) in [5, 5.41) is 0. The molecule has 2 atom stereocenters. The number of hydrogen-bond acceptors (Lipinski definition) is 5. The zero-order valence-corrected chi connectivity index (χ0v) is 15.1. The molecule has 136 valence electrons. The third kappa shape index (κ3) is 3.42. The van der Waals surface area contributed by atoms with E-state index < -0.39 is 0 Å². The summed E-state index contributed by atoms with van der Waals surface area (Å²) in [7, 11) is 0. The highest BCUT2D eigenvalue weighted by Gasteiger charge is 2.51. The Labute approximate surface area is 149 Å². The van der Waals surface area contributed by atoms with Crippen LogP contribution in [0.5, 0.6) is 0 Å². The summed E-state index contributed by atoms with van der Waals surface area (Å²) in [4.78, 5) is 26.2. The monoisotopic (exact) mass is 344 g/mol. The van der Waals surface area contributed by atoms with Gasteiger partial charge in [0.25, 0.3) is 0 Å². The molecule has 0 aromatic carbocycles. The van der Waals surface area contributed by atoms with Gasteiger partial charge in [0.1, 0.15) is 5.82 Å². The average Bonchev–Trinajstić information content (AvgIpc) is 3.24. The van der Waals surface area contributed by atoms with Gasteiger partial charge in [-0.3, -0.25) is 9.69 Å². The molecular formula is C19H28N4O2. The van der Waals surface area contributed by atoms with Gasteiger partial charge in [0.2, 0.25) is 5.91 Å². The molecule has 4 rings (SSSR count). The molecule has 3 fully saturated rings. The molecule has 0 N–H and O–H groups in total. The summed E-state index contributed by atoms with van der Waals surface area (Å²) in [6.07, 6.45) is 8.42. The number of ether oxygens (including phenoxy) is 1. The lowest BCUT2D eigenvalue weighted by Gasteiger charge is -2.36. The summed E-state index contributed by atoms with van der Waals surface area (Å²) < 4.78 is 5.41. The Kier molecular flexibility index (Phi) is 4.73. The van der Waals surface area contributed by atoms with E-state index in [4.69, 9.17) is 4.74 Å². The Bertz CT molecular complexity index is 614. The van der Waals surface area contributed by atoms with Crippen molar-refractivity contribution in [1.82, 2.24) is 19.8 Å². The number of carbonyl (C=O) groups excluding carboxylic acids is 1. The van der Waals surface area contributed by atoms with Crippen molar-refractivity contribution >= 4 is 5.91 Å².